The topological polar surface area (TPSA) is 89.9 Å². The van der Waals surface area contributed by atoms with Crippen LogP contribution in [0.25, 0.3) is 0 Å². The molecule has 20 heavy (non-hydrogen) atoms. The van der Waals surface area contributed by atoms with Gasteiger partial charge in [0.05, 0.1) is 17.7 Å². The lowest BCUT2D eigenvalue weighted by Gasteiger charge is -2.33. The number of hydrogen-bond acceptors (Lipinski definition) is 4. The molecule has 0 aliphatic rings. The predicted octanol–water partition coefficient (Wildman–Crippen LogP) is 2.30. The molecule has 0 atom stereocenters. The van der Waals surface area contributed by atoms with Crippen molar-refractivity contribution in [2.24, 2.45) is 0 Å². The van der Waals surface area contributed by atoms with Crippen molar-refractivity contribution in [3.05, 3.63) is 16.0 Å². The molecule has 0 bridgehead atoms. The Kier molecular flexibility index (Phi) is 4.77. The Hall–Kier alpha value is -1.60. The van der Waals surface area contributed by atoms with Gasteiger partial charge in [-0.2, -0.15) is 0 Å². The summed E-state index contributed by atoms with van der Waals surface area (Å²) in [6.45, 7) is 6.77. The van der Waals surface area contributed by atoms with Crippen molar-refractivity contribution >= 4 is 28.3 Å². The summed E-state index contributed by atoms with van der Waals surface area (Å²) in [6, 6.07) is -0.451. The normalized spacial score (nSPS) is 11.3. The van der Waals surface area contributed by atoms with Crippen LogP contribution in [-0.4, -0.2) is 46.3 Å². The van der Waals surface area contributed by atoms with Crippen molar-refractivity contribution in [3.63, 3.8) is 0 Å². The average Bonchev–Trinajstić information content (AvgIpc) is 2.63. The molecule has 1 heterocycles. The van der Waals surface area contributed by atoms with Gasteiger partial charge in [-0.25, -0.2) is 9.59 Å². The summed E-state index contributed by atoms with van der Waals surface area (Å²) >= 11 is 1.23. The van der Waals surface area contributed by atoms with Gasteiger partial charge < -0.3 is 15.1 Å². The lowest BCUT2D eigenvalue weighted by atomic mass is 10.1. The summed E-state index contributed by atoms with van der Waals surface area (Å²) in [5.74, 6) is -1.06. The summed E-state index contributed by atoms with van der Waals surface area (Å²) in [5, 5.41) is 21.4. The fourth-order valence-electron chi connectivity index (χ4n) is 1.53. The zero-order valence-electron chi connectivity index (χ0n) is 12.3. The van der Waals surface area contributed by atoms with Crippen LogP contribution in [0.4, 0.5) is 9.80 Å². The number of amides is 2. The van der Waals surface area contributed by atoms with E-state index in [0.29, 0.717) is 10.6 Å². The number of aryl methyl sites for hydroxylation is 1. The van der Waals surface area contributed by atoms with Gasteiger partial charge in [0.2, 0.25) is 0 Å². The molecule has 0 radical (unpaired) electrons. The number of urea groups is 1. The minimum Gasteiger partial charge on any atom is -0.478 e. The predicted molar refractivity (Wildman–Crippen MR) is 78.7 cm³/mol. The van der Waals surface area contributed by atoms with Crippen LogP contribution in [0.5, 0.6) is 0 Å². The third kappa shape index (κ3) is 3.10. The van der Waals surface area contributed by atoms with Gasteiger partial charge in [0.15, 0.2) is 0 Å². The molecule has 2 amide bonds. The second-order valence-corrected chi connectivity index (χ2v) is 6.48. The van der Waals surface area contributed by atoms with Gasteiger partial charge in [0, 0.05) is 11.9 Å². The van der Waals surface area contributed by atoms with Gasteiger partial charge in [0.1, 0.15) is 5.00 Å². The van der Waals surface area contributed by atoms with Crippen molar-refractivity contribution in [2.75, 3.05) is 19.0 Å². The summed E-state index contributed by atoms with van der Waals surface area (Å²) in [6.07, 6.45) is 0. The fraction of sp³-hybridized carbons (Fsp3) is 0.538. The van der Waals surface area contributed by atoms with Crippen LogP contribution >= 0.6 is 11.3 Å². The number of carboxylic acids is 1. The van der Waals surface area contributed by atoms with Gasteiger partial charge in [-0.3, -0.25) is 5.32 Å². The highest BCUT2D eigenvalue weighted by Crippen LogP contribution is 2.32. The summed E-state index contributed by atoms with van der Waals surface area (Å²) < 4.78 is 0. The number of carbonyl (C=O) groups is 2. The third-order valence-electron chi connectivity index (χ3n) is 3.42. The standard InChI is InChI=1S/C13H20N2O4S/c1-7-8(2)20-10(9(7)11(17)18)14-12(19)15(5)13(3,4)6-16/h16H,6H2,1-5H3,(H,14,19)(H,17,18). The molecule has 0 saturated heterocycles. The van der Waals surface area contributed by atoms with Crippen molar-refractivity contribution in [1.29, 1.82) is 0 Å². The number of nitrogens with zero attached hydrogens (tertiary/aromatic N) is 1. The number of hydrogen-bond donors (Lipinski definition) is 3. The number of carboxylic acid groups (broad SMARTS) is 1. The van der Waals surface area contributed by atoms with Crippen molar-refractivity contribution in [3.8, 4) is 0 Å². The summed E-state index contributed by atoms with van der Waals surface area (Å²) in [7, 11) is 1.55. The maximum Gasteiger partial charge on any atom is 0.338 e. The molecule has 1 aromatic rings. The zero-order valence-corrected chi connectivity index (χ0v) is 13.1. The first-order chi connectivity index (χ1) is 9.11. The molecular weight excluding hydrogens is 280 g/mol. The van der Waals surface area contributed by atoms with E-state index in [1.165, 1.54) is 16.2 Å². The molecular formula is C13H20N2O4S. The molecule has 0 aliphatic carbocycles. The molecule has 1 aromatic heterocycles. The Morgan fingerprint density at radius 1 is 1.35 bits per heavy atom. The Bertz CT molecular complexity index is 537. The van der Waals surface area contributed by atoms with E-state index in [4.69, 9.17) is 0 Å². The highest BCUT2D eigenvalue weighted by molar-refractivity contribution is 7.16. The van der Waals surface area contributed by atoms with E-state index in [1.54, 1.807) is 27.8 Å². The van der Waals surface area contributed by atoms with Crippen LogP contribution < -0.4 is 5.32 Å². The molecule has 0 spiro atoms. The van der Waals surface area contributed by atoms with E-state index in [2.05, 4.69) is 5.32 Å². The van der Waals surface area contributed by atoms with E-state index in [1.807, 2.05) is 6.92 Å². The minimum atomic E-state index is -1.06. The Morgan fingerprint density at radius 2 is 1.90 bits per heavy atom. The molecule has 7 heteroatoms. The largest absolute Gasteiger partial charge is 0.478 e. The van der Waals surface area contributed by atoms with Gasteiger partial charge in [-0.1, -0.05) is 0 Å². The van der Waals surface area contributed by atoms with Crippen LogP contribution in [0.15, 0.2) is 0 Å². The van der Waals surface area contributed by atoms with Gasteiger partial charge >= 0.3 is 12.0 Å². The first kappa shape index (κ1) is 16.5. The maximum absolute atomic E-state index is 12.1. The molecule has 0 aromatic carbocycles. The quantitative estimate of drug-likeness (QED) is 0.796. The Morgan fingerprint density at radius 3 is 2.35 bits per heavy atom. The van der Waals surface area contributed by atoms with Crippen LogP contribution in [-0.2, 0) is 0 Å². The van der Waals surface area contributed by atoms with E-state index < -0.39 is 17.5 Å². The van der Waals surface area contributed by atoms with Gasteiger partial charge in [-0.05, 0) is 33.3 Å². The van der Waals surface area contributed by atoms with Gasteiger partial charge in [-0.15, -0.1) is 11.3 Å². The smallest absolute Gasteiger partial charge is 0.338 e. The highest BCUT2D eigenvalue weighted by Gasteiger charge is 2.28. The van der Waals surface area contributed by atoms with Crippen molar-refractivity contribution in [2.45, 2.75) is 33.2 Å². The average molecular weight is 300 g/mol. The first-order valence-corrected chi connectivity index (χ1v) is 6.92. The fourth-order valence-corrected chi connectivity index (χ4v) is 2.58. The number of aliphatic hydroxyl groups excluding tert-OH is 1. The van der Waals surface area contributed by atoms with Crippen LogP contribution in [0.2, 0.25) is 0 Å². The van der Waals surface area contributed by atoms with Crippen molar-refractivity contribution in [1.82, 2.24) is 4.90 Å². The van der Waals surface area contributed by atoms with Crippen LogP contribution in [0, 0.1) is 13.8 Å². The number of carbonyl (C=O) groups excluding carboxylic acids is 1. The number of aromatic carboxylic acids is 1. The second-order valence-electron chi connectivity index (χ2n) is 5.25. The molecule has 0 unspecified atom stereocenters. The Labute approximate surface area is 122 Å². The monoisotopic (exact) mass is 300 g/mol. The van der Waals surface area contributed by atoms with E-state index in [0.717, 1.165) is 4.88 Å². The van der Waals surface area contributed by atoms with Crippen LogP contribution in [0.3, 0.4) is 0 Å². The summed E-state index contributed by atoms with van der Waals surface area (Å²) in [5.41, 5.74) is 0.0485. The van der Waals surface area contributed by atoms with Gasteiger partial charge in [0.25, 0.3) is 0 Å². The molecule has 6 nitrogen and oxygen atoms in total. The number of thiophene rings is 1. The molecule has 3 N–H and O–H groups in total. The number of likely N-dealkylation sites (N-methyl/N-ethyl adjacent to an activating group) is 1. The number of nitrogens with one attached hydrogen (secondary N) is 1. The molecule has 0 fully saturated rings. The molecule has 0 saturated carbocycles. The summed E-state index contributed by atoms with van der Waals surface area (Å²) in [4.78, 5) is 25.6. The van der Waals surface area contributed by atoms with E-state index in [9.17, 15) is 19.8 Å². The maximum atomic E-state index is 12.1. The van der Waals surface area contributed by atoms with Crippen LogP contribution in [0.1, 0.15) is 34.6 Å². The SMILES string of the molecule is Cc1sc(NC(=O)N(C)C(C)(C)CO)c(C(=O)O)c1C. The molecule has 0 aliphatic heterocycles. The highest BCUT2D eigenvalue weighted by atomic mass is 32.1. The second kappa shape index (κ2) is 5.80. The van der Waals surface area contributed by atoms with E-state index in [-0.39, 0.29) is 12.2 Å². The zero-order chi connectivity index (χ0) is 15.7. The Balaban J connectivity index is 3.03. The first-order valence-electron chi connectivity index (χ1n) is 6.10. The molecule has 1 rings (SSSR count). The number of anilines is 1. The van der Waals surface area contributed by atoms with E-state index >= 15 is 0 Å². The molecule has 112 valence electrons. The van der Waals surface area contributed by atoms with Crippen molar-refractivity contribution < 1.29 is 19.8 Å². The lowest BCUT2D eigenvalue weighted by molar-refractivity contribution is 0.0697. The lowest BCUT2D eigenvalue weighted by Crippen LogP contribution is -2.49. The minimum absolute atomic E-state index is 0.121. The number of rotatable bonds is 4. The number of aliphatic hydroxyl groups is 1. The third-order valence-corrected chi connectivity index (χ3v) is 4.54.